The fourth-order valence-electron chi connectivity index (χ4n) is 1.25. The molecule has 0 atom stereocenters. The zero-order valence-electron chi connectivity index (χ0n) is 7.19. The Morgan fingerprint density at radius 3 is 2.69 bits per heavy atom. The van der Waals surface area contributed by atoms with Gasteiger partial charge in [-0.1, -0.05) is 44.0 Å². The normalized spacial score (nSPS) is 10.4. The molecule has 0 heterocycles. The van der Waals surface area contributed by atoms with E-state index in [0.717, 1.165) is 24.1 Å². The van der Waals surface area contributed by atoms with Gasteiger partial charge in [0.2, 0.25) is 0 Å². The van der Waals surface area contributed by atoms with Gasteiger partial charge in [-0.25, -0.2) is 0 Å². The van der Waals surface area contributed by atoms with Crippen LogP contribution in [0.15, 0.2) is 22.7 Å². The van der Waals surface area contributed by atoms with Gasteiger partial charge in [-0.05, 0) is 30.0 Å². The molecular formula is C10H11Br2Cl. The first-order chi connectivity index (χ1) is 6.29. The van der Waals surface area contributed by atoms with Crippen LogP contribution in [0.25, 0.3) is 0 Å². The number of benzene rings is 1. The second-order valence-corrected chi connectivity index (χ2v) is 4.60. The average Bonchev–Trinajstić information content (AvgIpc) is 2.15. The molecule has 0 saturated carbocycles. The summed E-state index contributed by atoms with van der Waals surface area (Å²) in [7, 11) is 0. The van der Waals surface area contributed by atoms with Crippen molar-refractivity contribution in [2.45, 2.75) is 18.2 Å². The van der Waals surface area contributed by atoms with Crippen molar-refractivity contribution in [1.29, 1.82) is 0 Å². The predicted octanol–water partition coefficient (Wildman–Crippen LogP) is 4.52. The Balaban J connectivity index is 2.87. The van der Waals surface area contributed by atoms with E-state index in [1.54, 1.807) is 0 Å². The molecule has 0 saturated heterocycles. The number of hydrogen-bond acceptors (Lipinski definition) is 0. The summed E-state index contributed by atoms with van der Waals surface area (Å²) in [5, 5.41) is 0.907. The van der Waals surface area contributed by atoms with E-state index in [1.165, 1.54) is 15.6 Å². The first kappa shape index (κ1) is 11.5. The zero-order chi connectivity index (χ0) is 9.68. The fraction of sp³-hybridized carbons (Fsp3) is 0.400. The van der Waals surface area contributed by atoms with E-state index in [0.29, 0.717) is 0 Å². The number of hydrogen-bond donors (Lipinski definition) is 0. The number of alkyl halides is 2. The van der Waals surface area contributed by atoms with Gasteiger partial charge >= 0.3 is 0 Å². The van der Waals surface area contributed by atoms with Gasteiger partial charge in [0.1, 0.15) is 0 Å². The van der Waals surface area contributed by atoms with Gasteiger partial charge in [0, 0.05) is 15.7 Å². The van der Waals surface area contributed by atoms with Crippen LogP contribution in [0, 0.1) is 0 Å². The minimum absolute atomic E-state index is 0.725. The van der Waals surface area contributed by atoms with Crippen molar-refractivity contribution in [2.75, 3.05) is 5.88 Å². The van der Waals surface area contributed by atoms with E-state index < -0.39 is 0 Å². The Bertz CT molecular complexity index is 274. The highest BCUT2D eigenvalue weighted by atomic mass is 79.9. The van der Waals surface area contributed by atoms with Crippen LogP contribution < -0.4 is 0 Å². The molecule has 13 heavy (non-hydrogen) atoms. The van der Waals surface area contributed by atoms with Gasteiger partial charge < -0.3 is 0 Å². The summed E-state index contributed by atoms with van der Waals surface area (Å²) in [4.78, 5) is 0. The van der Waals surface area contributed by atoms with Gasteiger partial charge in [-0.15, -0.1) is 11.6 Å². The fourth-order valence-corrected chi connectivity index (χ4v) is 2.52. The molecular weight excluding hydrogens is 315 g/mol. The van der Waals surface area contributed by atoms with E-state index in [2.05, 4.69) is 50.1 Å². The zero-order valence-corrected chi connectivity index (χ0v) is 11.1. The Hall–Kier alpha value is 0.470. The van der Waals surface area contributed by atoms with Crippen molar-refractivity contribution in [3.8, 4) is 0 Å². The molecule has 1 rings (SSSR count). The number of rotatable bonds is 4. The van der Waals surface area contributed by atoms with Gasteiger partial charge in [0.25, 0.3) is 0 Å². The minimum Gasteiger partial charge on any atom is -0.127 e. The molecule has 0 N–H and O–H groups in total. The van der Waals surface area contributed by atoms with Crippen molar-refractivity contribution in [3.63, 3.8) is 0 Å². The molecule has 0 bridgehead atoms. The van der Waals surface area contributed by atoms with Gasteiger partial charge in [-0.2, -0.15) is 0 Å². The van der Waals surface area contributed by atoms with Crippen molar-refractivity contribution in [1.82, 2.24) is 0 Å². The first-order valence-electron chi connectivity index (χ1n) is 4.17. The van der Waals surface area contributed by atoms with Crippen LogP contribution >= 0.6 is 43.5 Å². The Morgan fingerprint density at radius 1 is 1.31 bits per heavy atom. The highest BCUT2D eigenvalue weighted by Gasteiger charge is 2.04. The maximum atomic E-state index is 5.67. The van der Waals surface area contributed by atoms with Crippen molar-refractivity contribution >= 4 is 43.5 Å². The molecule has 0 radical (unpaired) electrons. The minimum atomic E-state index is 0.725. The Labute approximate surface area is 101 Å². The van der Waals surface area contributed by atoms with Crippen molar-refractivity contribution in [3.05, 3.63) is 33.8 Å². The third kappa shape index (κ3) is 3.26. The number of halogens is 3. The molecule has 3 heteroatoms. The lowest BCUT2D eigenvalue weighted by molar-refractivity contribution is 0.913. The Kier molecular flexibility index (Phi) is 5.37. The molecule has 0 amide bonds. The molecule has 0 aliphatic carbocycles. The quantitative estimate of drug-likeness (QED) is 0.714. The van der Waals surface area contributed by atoms with Crippen LogP contribution in [0.3, 0.4) is 0 Å². The summed E-state index contributed by atoms with van der Waals surface area (Å²) in [6, 6.07) is 6.28. The lowest BCUT2D eigenvalue weighted by atomic mass is 10.0. The SMILES string of the molecule is ClCCCc1c(Br)cccc1CBr. The standard InChI is InChI=1S/C10H11Br2Cl/c11-7-8-3-1-5-10(12)9(8)4-2-6-13/h1,3,5H,2,4,6-7H2. The topological polar surface area (TPSA) is 0 Å². The highest BCUT2D eigenvalue weighted by molar-refractivity contribution is 9.10. The van der Waals surface area contributed by atoms with Crippen LogP contribution in [-0.2, 0) is 11.8 Å². The smallest absolute Gasteiger partial charge is 0.0286 e. The van der Waals surface area contributed by atoms with Crippen LogP contribution in [-0.4, -0.2) is 5.88 Å². The second kappa shape index (κ2) is 6.05. The first-order valence-corrected chi connectivity index (χ1v) is 6.62. The van der Waals surface area contributed by atoms with Crippen LogP contribution in [0.4, 0.5) is 0 Å². The Morgan fingerprint density at radius 2 is 2.08 bits per heavy atom. The van der Waals surface area contributed by atoms with E-state index in [-0.39, 0.29) is 0 Å². The largest absolute Gasteiger partial charge is 0.127 e. The maximum absolute atomic E-state index is 5.67. The summed E-state index contributed by atoms with van der Waals surface area (Å²) in [5.41, 5.74) is 2.72. The molecule has 1 aromatic carbocycles. The van der Waals surface area contributed by atoms with Gasteiger partial charge in [0.15, 0.2) is 0 Å². The third-order valence-corrected chi connectivity index (χ3v) is 3.53. The van der Waals surface area contributed by atoms with Crippen LogP contribution in [0.5, 0.6) is 0 Å². The maximum Gasteiger partial charge on any atom is 0.0286 e. The monoisotopic (exact) mass is 324 g/mol. The molecule has 1 aromatic rings. The molecule has 0 nitrogen and oxygen atoms in total. The van der Waals surface area contributed by atoms with E-state index in [4.69, 9.17) is 11.6 Å². The lowest BCUT2D eigenvalue weighted by Crippen LogP contribution is -1.94. The van der Waals surface area contributed by atoms with Crippen molar-refractivity contribution in [2.24, 2.45) is 0 Å². The summed E-state index contributed by atoms with van der Waals surface area (Å²) in [6.07, 6.45) is 2.08. The van der Waals surface area contributed by atoms with Crippen molar-refractivity contribution < 1.29 is 0 Å². The molecule has 72 valence electrons. The molecule has 0 fully saturated rings. The van der Waals surface area contributed by atoms with Crippen LogP contribution in [0.2, 0.25) is 0 Å². The molecule has 0 aliphatic rings. The molecule has 0 aliphatic heterocycles. The summed E-state index contributed by atoms with van der Waals surface area (Å²) >= 11 is 12.7. The summed E-state index contributed by atoms with van der Waals surface area (Å²) < 4.78 is 1.19. The second-order valence-electron chi connectivity index (χ2n) is 2.80. The van der Waals surface area contributed by atoms with E-state index in [1.807, 2.05) is 0 Å². The molecule has 0 aromatic heterocycles. The predicted molar refractivity (Wildman–Crippen MR) is 65.8 cm³/mol. The molecule has 0 spiro atoms. The van der Waals surface area contributed by atoms with Gasteiger partial charge in [0.05, 0.1) is 0 Å². The average molecular weight is 326 g/mol. The lowest BCUT2D eigenvalue weighted by Gasteiger charge is -2.08. The van der Waals surface area contributed by atoms with Crippen LogP contribution in [0.1, 0.15) is 17.5 Å². The van der Waals surface area contributed by atoms with Gasteiger partial charge in [-0.3, -0.25) is 0 Å². The van der Waals surface area contributed by atoms with E-state index in [9.17, 15) is 0 Å². The summed E-state index contributed by atoms with van der Waals surface area (Å²) in [5.74, 6) is 0.725. The molecule has 0 unspecified atom stereocenters. The third-order valence-electron chi connectivity index (χ3n) is 1.92. The van der Waals surface area contributed by atoms with E-state index >= 15 is 0 Å². The highest BCUT2D eigenvalue weighted by Crippen LogP contribution is 2.23. The summed E-state index contributed by atoms with van der Waals surface area (Å²) in [6.45, 7) is 0.